The molecule has 3 N–H and O–H groups in total. The van der Waals surface area contributed by atoms with E-state index in [2.05, 4.69) is 16.8 Å². The Hall–Kier alpha value is -1.10. The van der Waals surface area contributed by atoms with Crippen LogP contribution in [0.5, 0.6) is 0 Å². The number of thiophene rings is 1. The molecule has 0 radical (unpaired) electrons. The van der Waals surface area contributed by atoms with E-state index >= 15 is 0 Å². The average molecular weight is 323 g/mol. The first-order valence-corrected chi connectivity index (χ1v) is 8.24. The molecule has 1 aromatic carbocycles. The predicted octanol–water partition coefficient (Wildman–Crippen LogP) is 4.53. The summed E-state index contributed by atoms with van der Waals surface area (Å²) in [5.41, 5.74) is 8.77. The van der Waals surface area contributed by atoms with Gasteiger partial charge in [-0.1, -0.05) is 23.8 Å². The van der Waals surface area contributed by atoms with Crippen LogP contribution in [0.15, 0.2) is 29.6 Å². The molecule has 1 aliphatic rings. The van der Waals surface area contributed by atoms with Gasteiger partial charge in [-0.2, -0.15) is 0 Å². The molecule has 0 bridgehead atoms. The molecule has 5 heteroatoms. The summed E-state index contributed by atoms with van der Waals surface area (Å²) in [5.74, 6) is 0. The molecule has 1 unspecified atom stereocenters. The average Bonchev–Trinajstić information content (AvgIpc) is 2.90. The topological polar surface area (TPSA) is 38.0 Å². The minimum absolute atomic E-state index is 0.346. The van der Waals surface area contributed by atoms with Crippen LogP contribution in [-0.4, -0.2) is 4.99 Å². The molecule has 1 aromatic heterocycles. The van der Waals surface area contributed by atoms with Crippen LogP contribution in [0, 0.1) is 0 Å². The smallest absolute Gasteiger partial charge is 0.104 e. The lowest BCUT2D eigenvalue weighted by molar-refractivity contribution is 0.609. The van der Waals surface area contributed by atoms with Crippen molar-refractivity contribution in [2.75, 3.05) is 5.32 Å². The molecule has 1 aliphatic carbocycles. The van der Waals surface area contributed by atoms with E-state index in [1.54, 1.807) is 0 Å². The molecule has 0 amide bonds. The van der Waals surface area contributed by atoms with Crippen LogP contribution in [0.25, 0.3) is 0 Å². The normalized spacial score (nSPS) is 17.6. The molecule has 3 rings (SSSR count). The summed E-state index contributed by atoms with van der Waals surface area (Å²) in [7, 11) is 0. The van der Waals surface area contributed by atoms with Gasteiger partial charge in [-0.05, 0) is 54.5 Å². The van der Waals surface area contributed by atoms with Crippen molar-refractivity contribution in [1.29, 1.82) is 0 Å². The zero-order chi connectivity index (χ0) is 14.1. The fourth-order valence-corrected chi connectivity index (χ4v) is 3.96. The summed E-state index contributed by atoms with van der Waals surface area (Å²) in [4.78, 5) is 1.86. The van der Waals surface area contributed by atoms with E-state index in [1.807, 2.05) is 29.5 Å². The minimum Gasteiger partial charge on any atom is -0.389 e. The lowest BCUT2D eigenvalue weighted by Crippen LogP contribution is -2.16. The van der Waals surface area contributed by atoms with Crippen LogP contribution in [-0.2, 0) is 6.42 Å². The van der Waals surface area contributed by atoms with Crippen LogP contribution >= 0.6 is 35.2 Å². The van der Waals surface area contributed by atoms with Gasteiger partial charge >= 0.3 is 0 Å². The highest BCUT2D eigenvalue weighted by Gasteiger charge is 2.21. The third-order valence-electron chi connectivity index (χ3n) is 3.64. The van der Waals surface area contributed by atoms with Crippen molar-refractivity contribution in [2.24, 2.45) is 5.73 Å². The van der Waals surface area contributed by atoms with Gasteiger partial charge in [0, 0.05) is 10.4 Å². The fourth-order valence-electron chi connectivity index (χ4n) is 2.61. The highest BCUT2D eigenvalue weighted by molar-refractivity contribution is 7.80. The number of aryl methyl sites for hydroxylation is 1. The Labute approximate surface area is 132 Å². The van der Waals surface area contributed by atoms with Gasteiger partial charge in [-0.15, -0.1) is 11.3 Å². The molecule has 0 saturated heterocycles. The molecule has 1 atom stereocenters. The first-order valence-electron chi connectivity index (χ1n) is 6.57. The Balaban J connectivity index is 1.84. The van der Waals surface area contributed by atoms with Crippen molar-refractivity contribution in [1.82, 2.24) is 0 Å². The number of thiocarbonyl (C=S) groups is 1. The van der Waals surface area contributed by atoms with Crippen molar-refractivity contribution < 1.29 is 0 Å². The van der Waals surface area contributed by atoms with Crippen LogP contribution in [0.3, 0.4) is 0 Å². The third-order valence-corrected chi connectivity index (χ3v) is 5.18. The standard InChI is InChI=1S/C15H15ClN2S2/c16-11-8-9(15(17)19)4-5-13(11)18-12-2-1-3-14-10(12)6-7-20-14/h4-8,12,18H,1-3H2,(H2,17,19). The number of hydrogen-bond acceptors (Lipinski definition) is 3. The first kappa shape index (κ1) is 13.9. The largest absolute Gasteiger partial charge is 0.389 e. The Morgan fingerprint density at radius 1 is 1.40 bits per heavy atom. The molecular formula is C15H15ClN2S2. The van der Waals surface area contributed by atoms with Gasteiger partial charge in [0.1, 0.15) is 4.99 Å². The quantitative estimate of drug-likeness (QED) is 0.816. The van der Waals surface area contributed by atoms with Crippen LogP contribution in [0.4, 0.5) is 5.69 Å². The van der Waals surface area contributed by atoms with Crippen LogP contribution < -0.4 is 11.1 Å². The molecule has 1 heterocycles. The predicted molar refractivity (Wildman–Crippen MR) is 91.0 cm³/mol. The second kappa shape index (κ2) is 5.72. The van der Waals surface area contributed by atoms with E-state index in [9.17, 15) is 0 Å². The Bertz CT molecular complexity index is 651. The Morgan fingerprint density at radius 3 is 3.00 bits per heavy atom. The maximum Gasteiger partial charge on any atom is 0.104 e. The van der Waals surface area contributed by atoms with Gasteiger partial charge in [0.05, 0.1) is 16.8 Å². The summed E-state index contributed by atoms with van der Waals surface area (Å²) < 4.78 is 0. The van der Waals surface area contributed by atoms with Crippen LogP contribution in [0.2, 0.25) is 5.02 Å². The number of benzene rings is 1. The third kappa shape index (κ3) is 2.68. The van der Waals surface area contributed by atoms with E-state index in [-0.39, 0.29) is 0 Å². The van der Waals surface area contributed by atoms with Gasteiger partial charge in [-0.3, -0.25) is 0 Å². The molecule has 20 heavy (non-hydrogen) atoms. The minimum atomic E-state index is 0.346. The number of hydrogen-bond donors (Lipinski definition) is 2. The first-order chi connectivity index (χ1) is 9.65. The summed E-state index contributed by atoms with van der Waals surface area (Å²) in [6.45, 7) is 0. The number of rotatable bonds is 3. The summed E-state index contributed by atoms with van der Waals surface area (Å²) in [6, 6.07) is 8.25. The summed E-state index contributed by atoms with van der Waals surface area (Å²) >= 11 is 13.1. The molecule has 0 spiro atoms. The molecule has 0 aliphatic heterocycles. The zero-order valence-corrected chi connectivity index (χ0v) is 13.2. The Morgan fingerprint density at radius 2 is 2.25 bits per heavy atom. The van der Waals surface area contributed by atoms with Crippen molar-refractivity contribution >= 4 is 45.8 Å². The lowest BCUT2D eigenvalue weighted by atomic mass is 9.94. The monoisotopic (exact) mass is 322 g/mol. The maximum absolute atomic E-state index is 6.32. The molecule has 104 valence electrons. The number of nitrogens with one attached hydrogen (secondary N) is 1. The molecule has 2 nitrogen and oxygen atoms in total. The van der Waals surface area contributed by atoms with Crippen LogP contribution in [0.1, 0.15) is 34.9 Å². The van der Waals surface area contributed by atoms with E-state index < -0.39 is 0 Å². The van der Waals surface area contributed by atoms with Crippen molar-refractivity contribution in [2.45, 2.75) is 25.3 Å². The molecule has 0 fully saturated rings. The highest BCUT2D eigenvalue weighted by atomic mass is 35.5. The van der Waals surface area contributed by atoms with Gasteiger partial charge in [-0.25, -0.2) is 0 Å². The molecule has 2 aromatic rings. The zero-order valence-electron chi connectivity index (χ0n) is 10.9. The van der Waals surface area contributed by atoms with Gasteiger partial charge in [0.25, 0.3) is 0 Å². The second-order valence-electron chi connectivity index (χ2n) is 4.95. The fraction of sp³-hybridized carbons (Fsp3) is 0.267. The number of anilines is 1. The second-order valence-corrected chi connectivity index (χ2v) is 6.79. The summed E-state index contributed by atoms with van der Waals surface area (Å²) in [5, 5.41) is 6.38. The number of fused-ring (bicyclic) bond motifs is 1. The van der Waals surface area contributed by atoms with Crippen molar-refractivity contribution in [3.05, 3.63) is 50.7 Å². The summed E-state index contributed by atoms with van der Waals surface area (Å²) in [6.07, 6.45) is 3.55. The Kier molecular flexibility index (Phi) is 3.96. The van der Waals surface area contributed by atoms with E-state index in [0.29, 0.717) is 16.1 Å². The van der Waals surface area contributed by atoms with Crippen molar-refractivity contribution in [3.63, 3.8) is 0 Å². The molecular weight excluding hydrogens is 308 g/mol. The van der Waals surface area contributed by atoms with E-state index in [0.717, 1.165) is 17.7 Å². The number of nitrogens with two attached hydrogens (primary N) is 1. The van der Waals surface area contributed by atoms with E-state index in [1.165, 1.54) is 23.3 Å². The maximum atomic E-state index is 6.32. The van der Waals surface area contributed by atoms with Gasteiger partial charge in [0.2, 0.25) is 0 Å². The van der Waals surface area contributed by atoms with E-state index in [4.69, 9.17) is 29.6 Å². The SMILES string of the molecule is NC(=S)c1ccc(NC2CCCc3sccc32)c(Cl)c1. The highest BCUT2D eigenvalue weighted by Crippen LogP contribution is 2.37. The van der Waals surface area contributed by atoms with Crippen molar-refractivity contribution in [3.8, 4) is 0 Å². The van der Waals surface area contributed by atoms with Gasteiger partial charge in [0.15, 0.2) is 0 Å². The van der Waals surface area contributed by atoms with Gasteiger partial charge < -0.3 is 11.1 Å². The number of halogens is 1. The lowest BCUT2D eigenvalue weighted by Gasteiger charge is -2.25. The molecule has 0 saturated carbocycles.